The van der Waals surface area contributed by atoms with Crippen LogP contribution in [-0.4, -0.2) is 36.1 Å². The number of aliphatic hydroxyl groups excluding tert-OH is 1. The van der Waals surface area contributed by atoms with Crippen molar-refractivity contribution in [1.82, 2.24) is 19.7 Å². The van der Waals surface area contributed by atoms with Gasteiger partial charge in [-0.1, -0.05) is 6.07 Å². The third kappa shape index (κ3) is 3.88. The lowest BCUT2D eigenvalue weighted by molar-refractivity contribution is 0.272. The molecular formula is C20H21N7O2S. The zero-order chi connectivity index (χ0) is 21.3. The molecule has 10 heteroatoms. The fourth-order valence-electron chi connectivity index (χ4n) is 3.20. The standard InChI is InChI=1S/C20H21N7O2S/c1-26(14-6-7-16-17(11-14)25-27(2)18(16)12-28)19-8-9-22-20(24-19)23-13-4-3-5-15(10-13)30(21)29/h3-11,28H,12,21H2,1-2H3,(H,22,23,24). The van der Waals surface area contributed by atoms with Crippen molar-refractivity contribution in [2.45, 2.75) is 11.5 Å². The molecule has 2 aromatic carbocycles. The Morgan fingerprint density at radius 1 is 1.23 bits per heavy atom. The summed E-state index contributed by atoms with van der Waals surface area (Å²) in [6.07, 6.45) is 1.66. The lowest BCUT2D eigenvalue weighted by Crippen LogP contribution is -2.12. The van der Waals surface area contributed by atoms with Crippen LogP contribution in [0.4, 0.5) is 23.1 Å². The van der Waals surface area contributed by atoms with Gasteiger partial charge in [-0.05, 0) is 42.5 Å². The van der Waals surface area contributed by atoms with Crippen molar-refractivity contribution in [2.24, 2.45) is 12.2 Å². The lowest BCUT2D eigenvalue weighted by Gasteiger charge is -2.19. The number of aryl methyl sites for hydroxylation is 1. The van der Waals surface area contributed by atoms with Gasteiger partial charge >= 0.3 is 0 Å². The molecule has 0 spiro atoms. The van der Waals surface area contributed by atoms with Gasteiger partial charge in [-0.15, -0.1) is 0 Å². The number of nitrogens with one attached hydrogen (secondary N) is 1. The maximum Gasteiger partial charge on any atom is 0.229 e. The topological polar surface area (TPSA) is 122 Å². The number of hydrogen-bond acceptors (Lipinski definition) is 7. The van der Waals surface area contributed by atoms with E-state index < -0.39 is 11.0 Å². The summed E-state index contributed by atoms with van der Waals surface area (Å²) in [6, 6.07) is 14.6. The van der Waals surface area contributed by atoms with Crippen LogP contribution in [0, 0.1) is 0 Å². The molecule has 0 radical (unpaired) electrons. The molecule has 1 unspecified atom stereocenters. The van der Waals surface area contributed by atoms with Crippen LogP contribution in [0.1, 0.15) is 5.69 Å². The Kier molecular flexibility index (Phi) is 5.44. The van der Waals surface area contributed by atoms with Gasteiger partial charge in [-0.2, -0.15) is 10.1 Å². The molecule has 0 saturated carbocycles. The quantitative estimate of drug-likeness (QED) is 0.435. The Morgan fingerprint density at radius 3 is 2.83 bits per heavy atom. The lowest BCUT2D eigenvalue weighted by atomic mass is 10.2. The average molecular weight is 424 g/mol. The summed E-state index contributed by atoms with van der Waals surface area (Å²) in [5.41, 5.74) is 3.16. The summed E-state index contributed by atoms with van der Waals surface area (Å²) < 4.78 is 13.2. The molecule has 0 bridgehead atoms. The Balaban J connectivity index is 1.61. The molecule has 4 rings (SSSR count). The highest BCUT2D eigenvalue weighted by molar-refractivity contribution is 7.82. The van der Waals surface area contributed by atoms with Gasteiger partial charge < -0.3 is 15.3 Å². The Morgan fingerprint density at radius 2 is 2.07 bits per heavy atom. The van der Waals surface area contributed by atoms with Gasteiger partial charge in [0.2, 0.25) is 5.95 Å². The maximum absolute atomic E-state index is 11.5. The Hall–Kier alpha value is -3.34. The summed E-state index contributed by atoms with van der Waals surface area (Å²) in [6.45, 7) is -0.0674. The van der Waals surface area contributed by atoms with E-state index in [1.807, 2.05) is 43.3 Å². The van der Waals surface area contributed by atoms with E-state index in [0.29, 0.717) is 22.3 Å². The minimum atomic E-state index is -1.56. The van der Waals surface area contributed by atoms with Gasteiger partial charge in [-0.3, -0.25) is 4.68 Å². The molecule has 0 fully saturated rings. The summed E-state index contributed by atoms with van der Waals surface area (Å²) >= 11 is 0. The van der Waals surface area contributed by atoms with Crippen LogP contribution < -0.4 is 15.4 Å². The first-order valence-electron chi connectivity index (χ1n) is 9.13. The van der Waals surface area contributed by atoms with Crippen molar-refractivity contribution in [3.63, 3.8) is 0 Å². The monoisotopic (exact) mass is 423 g/mol. The van der Waals surface area contributed by atoms with Crippen molar-refractivity contribution in [2.75, 3.05) is 17.3 Å². The zero-order valence-corrected chi connectivity index (χ0v) is 17.3. The third-order valence-electron chi connectivity index (χ3n) is 4.78. The van der Waals surface area contributed by atoms with E-state index in [-0.39, 0.29) is 6.61 Å². The predicted octanol–water partition coefficient (Wildman–Crippen LogP) is 2.35. The fourth-order valence-corrected chi connectivity index (χ4v) is 3.65. The third-order valence-corrected chi connectivity index (χ3v) is 5.50. The van der Waals surface area contributed by atoms with Gasteiger partial charge in [0, 0.05) is 37.1 Å². The molecule has 4 aromatic rings. The van der Waals surface area contributed by atoms with Crippen LogP contribution in [0.15, 0.2) is 59.6 Å². The molecule has 2 aromatic heterocycles. The van der Waals surface area contributed by atoms with Crippen molar-refractivity contribution in [1.29, 1.82) is 0 Å². The van der Waals surface area contributed by atoms with E-state index in [9.17, 15) is 9.32 Å². The number of hydrogen-bond donors (Lipinski definition) is 3. The first-order chi connectivity index (χ1) is 14.5. The molecule has 0 aliphatic carbocycles. The highest BCUT2D eigenvalue weighted by Crippen LogP contribution is 2.28. The van der Waals surface area contributed by atoms with Gasteiger partial charge in [-0.25, -0.2) is 14.3 Å². The van der Waals surface area contributed by atoms with Crippen LogP contribution in [0.3, 0.4) is 0 Å². The summed E-state index contributed by atoms with van der Waals surface area (Å²) in [7, 11) is 2.16. The predicted molar refractivity (Wildman–Crippen MR) is 117 cm³/mol. The minimum absolute atomic E-state index is 0.0674. The summed E-state index contributed by atoms with van der Waals surface area (Å²) in [5.74, 6) is 1.09. The molecule has 30 heavy (non-hydrogen) atoms. The second kappa shape index (κ2) is 8.19. The fraction of sp³-hybridized carbons (Fsp3) is 0.150. The van der Waals surface area contributed by atoms with Gasteiger partial charge in [0.05, 0.1) is 22.7 Å². The van der Waals surface area contributed by atoms with E-state index in [1.54, 1.807) is 35.1 Å². The van der Waals surface area contributed by atoms with Crippen LogP contribution in [0.5, 0.6) is 0 Å². The normalized spacial score (nSPS) is 12.1. The first-order valence-corrected chi connectivity index (χ1v) is 10.3. The van der Waals surface area contributed by atoms with Crippen LogP contribution in [-0.2, 0) is 24.6 Å². The molecule has 0 aliphatic rings. The van der Waals surface area contributed by atoms with Crippen LogP contribution >= 0.6 is 0 Å². The number of aromatic nitrogens is 4. The number of nitrogens with two attached hydrogens (primary N) is 1. The molecule has 154 valence electrons. The minimum Gasteiger partial charge on any atom is -0.390 e. The van der Waals surface area contributed by atoms with E-state index >= 15 is 0 Å². The molecular weight excluding hydrogens is 402 g/mol. The molecule has 0 aliphatic heterocycles. The smallest absolute Gasteiger partial charge is 0.229 e. The molecule has 4 N–H and O–H groups in total. The van der Waals surface area contributed by atoms with E-state index in [2.05, 4.69) is 20.4 Å². The summed E-state index contributed by atoms with van der Waals surface area (Å²) in [4.78, 5) is 11.3. The highest BCUT2D eigenvalue weighted by Gasteiger charge is 2.12. The van der Waals surface area contributed by atoms with E-state index in [4.69, 9.17) is 5.14 Å². The average Bonchev–Trinajstić information content (AvgIpc) is 3.07. The second-order valence-corrected chi connectivity index (χ2v) is 7.74. The van der Waals surface area contributed by atoms with Gasteiger partial charge in [0.15, 0.2) is 0 Å². The van der Waals surface area contributed by atoms with Crippen molar-refractivity contribution in [3.8, 4) is 0 Å². The molecule has 9 nitrogen and oxygen atoms in total. The summed E-state index contributed by atoms with van der Waals surface area (Å²) in [5, 5.41) is 23.5. The number of nitrogens with zero attached hydrogens (tertiary/aromatic N) is 5. The van der Waals surface area contributed by atoms with Crippen LogP contribution in [0.2, 0.25) is 0 Å². The van der Waals surface area contributed by atoms with Crippen LogP contribution in [0.25, 0.3) is 10.9 Å². The van der Waals surface area contributed by atoms with Crippen molar-refractivity contribution < 1.29 is 9.32 Å². The molecule has 0 amide bonds. The largest absolute Gasteiger partial charge is 0.390 e. The number of fused-ring (bicyclic) bond motifs is 1. The maximum atomic E-state index is 11.5. The molecule has 2 heterocycles. The van der Waals surface area contributed by atoms with Gasteiger partial charge in [0.25, 0.3) is 0 Å². The molecule has 0 saturated heterocycles. The SMILES string of the molecule is CN(c1ccc2c(CO)n(C)nc2c1)c1ccnc(Nc2cccc(S(N)=O)c2)n1. The first kappa shape index (κ1) is 20.0. The number of rotatable bonds is 6. The zero-order valence-electron chi connectivity index (χ0n) is 16.5. The van der Waals surface area contributed by atoms with Crippen molar-refractivity contribution >= 4 is 45.0 Å². The van der Waals surface area contributed by atoms with Gasteiger partial charge in [0.1, 0.15) is 16.8 Å². The van der Waals surface area contributed by atoms with E-state index in [0.717, 1.165) is 22.3 Å². The number of aliphatic hydroxyl groups is 1. The Bertz CT molecular complexity index is 1240. The number of anilines is 4. The molecule has 1 atom stereocenters. The highest BCUT2D eigenvalue weighted by atomic mass is 32.2. The number of benzene rings is 2. The van der Waals surface area contributed by atoms with E-state index in [1.165, 1.54) is 0 Å². The Labute approximate surface area is 175 Å². The van der Waals surface area contributed by atoms with Crippen molar-refractivity contribution in [3.05, 3.63) is 60.4 Å². The second-order valence-electron chi connectivity index (χ2n) is 6.68.